The van der Waals surface area contributed by atoms with Crippen LogP contribution in [-0.4, -0.2) is 216 Å². The first kappa shape index (κ1) is 98.2. The van der Waals surface area contributed by atoms with Crippen molar-refractivity contribution in [1.82, 2.24) is 52.3 Å². The largest absolute Gasteiger partial charge is 0.448 e. The number of esters is 2. The number of terminal acetylenes is 2. The quantitative estimate of drug-likeness (QED) is 0.00926. The van der Waals surface area contributed by atoms with E-state index in [0.29, 0.717) is 76.6 Å². The van der Waals surface area contributed by atoms with Crippen molar-refractivity contribution in [3.63, 3.8) is 0 Å². The second-order valence-electron chi connectivity index (χ2n) is 32.7. The minimum absolute atomic E-state index is 0.0267. The van der Waals surface area contributed by atoms with E-state index in [1.807, 2.05) is 171 Å². The molecule has 642 valence electrons. The number of rotatable bonds is 49. The summed E-state index contributed by atoms with van der Waals surface area (Å²) in [5.74, 6) is -3.66. The minimum Gasteiger partial charge on any atom is -0.448 e. The summed E-state index contributed by atoms with van der Waals surface area (Å²) in [6.45, 7) is 22.1. The van der Waals surface area contributed by atoms with Crippen molar-refractivity contribution < 1.29 is 76.5 Å². The lowest BCUT2D eigenvalue weighted by molar-refractivity contribution is -0.161. The zero-order valence-electron chi connectivity index (χ0n) is 69.9. The standard InChI is InChI=1S/C90H122I2N10O16/c1-13-75(89(11,57-91)81(107)69(49-59(3)4)95-87(113)73(53-65-31-23-17-24-32-65)99-85(111)71(51-61(7)8)97-83(109)67(37-35-63-27-19-15-20-28-63)93-77(103)55-101-41-45-115-46-42-101)117-79(105)39-40-80(106)118-76(14-2)90(12,58-92)82(108)70(50-60(5)6)96-88(114)74(54-66-33-25-18-26-34-66)100-86(112)72(52-62(9)10)98-84(110)68(38-36-64-29-21-16-22-30-64)94-78(104)56-102-43-47-116-48-44-102/h1-2,15-34,59-62,67-76H,35-58H2,3-12H3,(H,93,103)(H,94,104)(H,95,113)(H,96,114)(H,97,109)(H,98,110)(H,99,111)(H,100,112)/t67-,68-,69-,70-,71-,72-,73-,74-,75?,76?,89-,90-/m0/s1. The molecule has 118 heavy (non-hydrogen) atoms. The maximum Gasteiger partial charge on any atom is 0.307 e. The fraction of sp³-hybridized carbons (Fsp3) is 0.556. The molecule has 8 amide bonds. The van der Waals surface area contributed by atoms with E-state index in [-0.39, 0.29) is 109 Å². The molecule has 2 saturated heterocycles. The van der Waals surface area contributed by atoms with Gasteiger partial charge in [-0.05, 0) is 111 Å². The van der Waals surface area contributed by atoms with Gasteiger partial charge in [0.15, 0.2) is 23.8 Å². The summed E-state index contributed by atoms with van der Waals surface area (Å²) in [6.07, 6.45) is 9.65. The van der Waals surface area contributed by atoms with Crippen LogP contribution in [0.2, 0.25) is 0 Å². The van der Waals surface area contributed by atoms with Gasteiger partial charge in [-0.25, -0.2) is 0 Å². The number of ether oxygens (including phenoxy) is 4. The molecule has 2 fully saturated rings. The van der Waals surface area contributed by atoms with E-state index in [2.05, 4.69) is 54.4 Å². The van der Waals surface area contributed by atoms with E-state index >= 15 is 9.59 Å². The van der Waals surface area contributed by atoms with Gasteiger partial charge in [0.2, 0.25) is 47.3 Å². The number of amides is 8. The Labute approximate surface area is 724 Å². The maximum absolute atomic E-state index is 15.3. The molecule has 12 atom stereocenters. The monoisotopic (exact) mass is 1850 g/mol. The third-order valence-corrected chi connectivity index (χ3v) is 23.9. The molecule has 2 aliphatic heterocycles. The number of hydrogen-bond donors (Lipinski definition) is 8. The fourth-order valence-corrected chi connectivity index (χ4v) is 15.6. The van der Waals surface area contributed by atoms with Crippen molar-refractivity contribution in [1.29, 1.82) is 0 Å². The molecule has 4 aromatic carbocycles. The number of halogens is 2. The lowest BCUT2D eigenvalue weighted by atomic mass is 9.77. The van der Waals surface area contributed by atoms with Gasteiger partial charge in [-0.1, -0.05) is 234 Å². The van der Waals surface area contributed by atoms with Crippen LogP contribution in [0.25, 0.3) is 0 Å². The molecule has 0 aromatic heterocycles. The van der Waals surface area contributed by atoms with Crippen molar-refractivity contribution in [2.45, 2.75) is 207 Å². The Morgan fingerprint density at radius 2 is 0.653 bits per heavy atom. The summed E-state index contributed by atoms with van der Waals surface area (Å²) in [4.78, 5) is 178. The second kappa shape index (κ2) is 50.4. The van der Waals surface area contributed by atoms with Gasteiger partial charge in [0.05, 0.1) is 75.3 Å². The molecule has 0 saturated carbocycles. The van der Waals surface area contributed by atoms with Gasteiger partial charge in [-0.15, -0.1) is 12.8 Å². The molecular weight excluding hydrogens is 1730 g/mol. The Morgan fingerprint density at radius 3 is 0.941 bits per heavy atom. The number of Topliss-reactive ketones (excluding diaryl/α,β-unsaturated/α-hetero) is 2. The summed E-state index contributed by atoms with van der Waals surface area (Å²) < 4.78 is 22.6. The molecule has 2 heterocycles. The molecule has 6 rings (SSSR count). The lowest BCUT2D eigenvalue weighted by Gasteiger charge is -2.36. The van der Waals surface area contributed by atoms with E-state index in [0.717, 1.165) is 11.1 Å². The first-order chi connectivity index (χ1) is 56.3. The number of hydrogen-bond acceptors (Lipinski definition) is 18. The SMILES string of the molecule is C#CC(OC(=O)CCC(=O)OC(C#C)[C@](C)(CI)C(=O)[C@H](CC(C)C)NC(=O)[C@H](Cc1ccccc1)NC(=O)[C@H](CC(C)C)NC(=O)[C@H](CCc1ccccc1)NC(=O)CN1CCOCC1)[C@](C)(CI)C(=O)[C@H](CC(C)C)NC(=O)[C@H](Cc1ccccc1)NC(=O)[C@H](CC(C)C)NC(=O)[C@H](CCc1ccccc1)NC(=O)CN1CCOCC1. The maximum atomic E-state index is 15.3. The molecule has 2 aliphatic rings. The number of nitrogens with one attached hydrogen (secondary N) is 8. The molecule has 4 aromatic rings. The first-order valence-corrected chi connectivity index (χ1v) is 44.0. The van der Waals surface area contributed by atoms with Crippen molar-refractivity contribution in [3.8, 4) is 24.7 Å². The van der Waals surface area contributed by atoms with Gasteiger partial charge in [-0.3, -0.25) is 67.3 Å². The minimum atomic E-state index is -1.67. The summed E-state index contributed by atoms with van der Waals surface area (Å²) >= 11 is 3.91. The lowest BCUT2D eigenvalue weighted by Crippen LogP contribution is -2.60. The summed E-state index contributed by atoms with van der Waals surface area (Å²) in [5, 5.41) is 23.3. The van der Waals surface area contributed by atoms with Crippen molar-refractivity contribution in [3.05, 3.63) is 144 Å². The summed E-state index contributed by atoms with van der Waals surface area (Å²) in [5.41, 5.74) is -0.124. The molecule has 28 heteroatoms. The zero-order chi connectivity index (χ0) is 86.5. The molecule has 8 N–H and O–H groups in total. The molecule has 26 nitrogen and oxygen atoms in total. The van der Waals surface area contributed by atoms with Gasteiger partial charge < -0.3 is 61.5 Å². The Balaban J connectivity index is 1.14. The van der Waals surface area contributed by atoms with Crippen molar-refractivity contribution in [2.24, 2.45) is 34.5 Å². The number of aryl methyl sites for hydroxylation is 2. The highest BCUT2D eigenvalue weighted by Crippen LogP contribution is 2.34. The highest BCUT2D eigenvalue weighted by Gasteiger charge is 2.49. The predicted molar refractivity (Wildman–Crippen MR) is 468 cm³/mol. The van der Waals surface area contributed by atoms with Crippen molar-refractivity contribution >= 4 is 116 Å². The Hall–Kier alpha value is -8.66. The molecule has 0 radical (unpaired) electrons. The van der Waals surface area contributed by atoms with Gasteiger partial charge >= 0.3 is 11.9 Å². The van der Waals surface area contributed by atoms with Crippen LogP contribution >= 0.6 is 45.2 Å². The fourth-order valence-electron chi connectivity index (χ4n) is 14.0. The van der Waals surface area contributed by atoms with Crippen LogP contribution in [0.5, 0.6) is 0 Å². The van der Waals surface area contributed by atoms with Crippen LogP contribution in [0.1, 0.15) is 143 Å². The number of carbonyl (C=O) groups excluding carboxylic acids is 12. The van der Waals surface area contributed by atoms with Crippen LogP contribution in [-0.2, 0) is 102 Å². The van der Waals surface area contributed by atoms with Crippen LogP contribution in [0.15, 0.2) is 121 Å². The normalized spacial score (nSPS) is 16.8. The van der Waals surface area contributed by atoms with Crippen LogP contribution in [0, 0.1) is 59.2 Å². The highest BCUT2D eigenvalue weighted by molar-refractivity contribution is 14.1. The molecule has 0 spiro atoms. The van der Waals surface area contributed by atoms with E-state index in [1.54, 1.807) is 60.7 Å². The van der Waals surface area contributed by atoms with Crippen molar-refractivity contribution in [2.75, 3.05) is 74.6 Å². The van der Waals surface area contributed by atoms with E-state index in [1.165, 1.54) is 13.8 Å². The van der Waals surface area contributed by atoms with Gasteiger partial charge in [0, 0.05) is 47.9 Å². The van der Waals surface area contributed by atoms with Crippen LogP contribution in [0.4, 0.5) is 0 Å². The van der Waals surface area contributed by atoms with E-state index < -0.39 is 143 Å². The first-order valence-electron chi connectivity index (χ1n) is 41.0. The average Bonchev–Trinajstić information content (AvgIpc) is 0.799. The highest BCUT2D eigenvalue weighted by atomic mass is 127. The Morgan fingerprint density at radius 1 is 0.390 bits per heavy atom. The number of morpholine rings is 2. The number of nitrogens with zero attached hydrogens (tertiary/aromatic N) is 2. The second-order valence-corrected chi connectivity index (χ2v) is 34.3. The van der Waals surface area contributed by atoms with Crippen LogP contribution < -0.4 is 42.5 Å². The zero-order valence-corrected chi connectivity index (χ0v) is 74.3. The summed E-state index contributed by atoms with van der Waals surface area (Å²) in [6, 6.07) is 27.3. The molecule has 2 unspecified atom stereocenters. The Bertz CT molecular complexity index is 3750. The van der Waals surface area contributed by atoms with E-state index in [9.17, 15) is 47.9 Å². The third kappa shape index (κ3) is 32.8. The van der Waals surface area contributed by atoms with E-state index in [4.69, 9.17) is 31.8 Å². The van der Waals surface area contributed by atoms with Gasteiger partial charge in [0.1, 0.15) is 36.3 Å². The molecular formula is C90H122I2N10O16. The third-order valence-electron chi connectivity index (χ3n) is 20.7. The van der Waals surface area contributed by atoms with Gasteiger partial charge in [0.25, 0.3) is 0 Å². The average molecular weight is 1850 g/mol. The number of benzene rings is 4. The molecule has 0 aliphatic carbocycles. The summed E-state index contributed by atoms with van der Waals surface area (Å²) in [7, 11) is 0. The van der Waals surface area contributed by atoms with Gasteiger partial charge in [-0.2, -0.15) is 0 Å². The molecule has 0 bridgehead atoms. The topological polar surface area (TPSA) is 344 Å². The predicted octanol–water partition coefficient (Wildman–Crippen LogP) is 7.36. The number of alkyl halides is 2. The van der Waals surface area contributed by atoms with Crippen LogP contribution in [0.3, 0.4) is 0 Å². The Kier molecular flexibility index (Phi) is 41.9. The number of carbonyl (C=O) groups is 12. The smallest absolute Gasteiger partial charge is 0.307 e. The number of ketones is 2.